The summed E-state index contributed by atoms with van der Waals surface area (Å²) in [6.07, 6.45) is 6.89. The van der Waals surface area contributed by atoms with Gasteiger partial charge in [-0.1, -0.05) is 23.3 Å². The number of benzene rings is 2. The number of hydrogen-bond acceptors (Lipinski definition) is 10. The van der Waals surface area contributed by atoms with E-state index in [1.54, 1.807) is 12.1 Å². The summed E-state index contributed by atoms with van der Waals surface area (Å²) in [5, 5.41) is 58.2. The van der Waals surface area contributed by atoms with Crippen LogP contribution in [0, 0.1) is 0 Å². The Morgan fingerprint density at radius 1 is 0.705 bits per heavy atom. The lowest BCUT2D eigenvalue weighted by molar-refractivity contribution is 0.0682. The molecule has 1 aliphatic carbocycles. The monoisotopic (exact) mass is 596 g/mol. The molecule has 3 heterocycles. The van der Waals surface area contributed by atoms with Gasteiger partial charge in [0.05, 0.1) is 35.2 Å². The fourth-order valence-electron chi connectivity index (χ4n) is 4.96. The second-order valence-electron chi connectivity index (χ2n) is 10.2. The molecular weight excluding hydrogens is 572 g/mol. The number of amides is 1. The zero-order valence-corrected chi connectivity index (χ0v) is 22.8. The topological polar surface area (TPSA) is 218 Å². The molecular formula is C29H24N8O7. The van der Waals surface area contributed by atoms with E-state index < -0.39 is 23.4 Å². The Morgan fingerprint density at radius 3 is 1.61 bits per heavy atom. The second kappa shape index (κ2) is 11.3. The van der Waals surface area contributed by atoms with Gasteiger partial charge in [0.1, 0.15) is 34.0 Å². The molecule has 0 bridgehead atoms. The number of hydrogen-bond donors (Lipinski definition) is 5. The number of carboxylic acids is 2. The maximum atomic E-state index is 13.3. The van der Waals surface area contributed by atoms with E-state index in [1.165, 1.54) is 58.2 Å². The van der Waals surface area contributed by atoms with Crippen molar-refractivity contribution in [3.8, 4) is 45.6 Å². The quantitative estimate of drug-likeness (QED) is 0.175. The molecule has 1 fully saturated rings. The summed E-state index contributed by atoms with van der Waals surface area (Å²) in [6, 6.07) is 11.1. The van der Waals surface area contributed by atoms with Crippen LogP contribution in [0.15, 0.2) is 60.9 Å². The van der Waals surface area contributed by atoms with Crippen LogP contribution < -0.4 is 5.32 Å². The van der Waals surface area contributed by atoms with Gasteiger partial charge in [-0.05, 0) is 49.2 Å². The Morgan fingerprint density at radius 2 is 1.18 bits per heavy atom. The number of rotatable bonds is 8. The molecule has 0 radical (unpaired) electrons. The smallest absolute Gasteiger partial charge is 0.339 e. The SMILES string of the molecule is O=C(NC1CCCC1)c1cc(-c2cn(-c3ccc(C(=O)O)c(O)c3)nn2)nc(-c2cn(-c3ccc(C(=O)O)c(O)c3)nn2)c1. The van der Waals surface area contributed by atoms with Gasteiger partial charge in [-0.2, -0.15) is 0 Å². The first kappa shape index (κ1) is 28.0. The number of carbonyl (C=O) groups is 3. The van der Waals surface area contributed by atoms with E-state index in [2.05, 4.69) is 30.9 Å². The summed E-state index contributed by atoms with van der Waals surface area (Å²) in [4.78, 5) is 40.5. The highest BCUT2D eigenvalue weighted by Gasteiger charge is 2.21. The molecule has 0 atom stereocenters. The van der Waals surface area contributed by atoms with Crippen molar-refractivity contribution in [1.29, 1.82) is 0 Å². The number of aromatic carboxylic acids is 2. The number of carboxylic acid groups (broad SMARTS) is 2. The fraction of sp³-hybridized carbons (Fsp3) is 0.172. The zero-order valence-electron chi connectivity index (χ0n) is 22.8. The van der Waals surface area contributed by atoms with Gasteiger partial charge in [0.25, 0.3) is 5.91 Å². The first-order valence-corrected chi connectivity index (χ1v) is 13.5. The maximum absolute atomic E-state index is 13.3. The molecule has 5 aromatic rings. The van der Waals surface area contributed by atoms with E-state index in [4.69, 9.17) is 0 Å². The van der Waals surface area contributed by atoms with Gasteiger partial charge in [-0.25, -0.2) is 23.9 Å². The molecule has 15 heteroatoms. The lowest BCUT2D eigenvalue weighted by atomic mass is 10.1. The lowest BCUT2D eigenvalue weighted by Gasteiger charge is -2.13. The van der Waals surface area contributed by atoms with E-state index in [0.717, 1.165) is 25.7 Å². The van der Waals surface area contributed by atoms with E-state index >= 15 is 0 Å². The molecule has 1 saturated carbocycles. The first-order chi connectivity index (χ1) is 21.2. The molecule has 3 aromatic heterocycles. The summed E-state index contributed by atoms with van der Waals surface area (Å²) in [5.41, 5.74) is 1.61. The number of aromatic hydroxyl groups is 2. The molecule has 15 nitrogen and oxygen atoms in total. The minimum absolute atomic E-state index is 0.0622. The Bertz CT molecular complexity index is 1810. The van der Waals surface area contributed by atoms with Crippen LogP contribution >= 0.6 is 0 Å². The van der Waals surface area contributed by atoms with Crippen LogP contribution in [0.4, 0.5) is 0 Å². The Balaban J connectivity index is 1.37. The summed E-state index contributed by atoms with van der Waals surface area (Å²) >= 11 is 0. The average Bonchev–Trinajstić information content (AvgIpc) is 3.79. The summed E-state index contributed by atoms with van der Waals surface area (Å²) in [7, 11) is 0. The van der Waals surface area contributed by atoms with E-state index in [9.17, 15) is 34.8 Å². The van der Waals surface area contributed by atoms with Crippen molar-refractivity contribution in [2.45, 2.75) is 31.7 Å². The molecule has 0 saturated heterocycles. The van der Waals surface area contributed by atoms with Gasteiger partial charge in [0.15, 0.2) is 0 Å². The first-order valence-electron chi connectivity index (χ1n) is 13.5. The van der Waals surface area contributed by atoms with E-state index in [-0.39, 0.29) is 45.9 Å². The molecule has 0 aliphatic heterocycles. The van der Waals surface area contributed by atoms with Crippen LogP contribution in [0.2, 0.25) is 0 Å². The third-order valence-corrected chi connectivity index (χ3v) is 7.24. The highest BCUT2D eigenvalue weighted by molar-refractivity contribution is 5.96. The standard InChI is InChI=1S/C29H24N8O7/c38-25-11-17(5-7-19(25)28(41)42)36-13-23(32-34-36)21-9-15(27(40)30-16-3-1-2-4-16)10-22(31-21)24-14-37(35-33-24)18-6-8-20(29(43)44)26(39)12-18/h5-14,16,38-39H,1-4H2,(H,30,40)(H,41,42)(H,43,44). The van der Waals surface area contributed by atoms with Crippen molar-refractivity contribution in [3.05, 3.63) is 77.6 Å². The number of pyridine rings is 1. The van der Waals surface area contributed by atoms with Crippen LogP contribution in [-0.4, -0.2) is 79.3 Å². The predicted molar refractivity (Wildman–Crippen MR) is 152 cm³/mol. The minimum Gasteiger partial charge on any atom is -0.507 e. The second-order valence-corrected chi connectivity index (χ2v) is 10.2. The zero-order chi connectivity index (χ0) is 31.0. The van der Waals surface area contributed by atoms with Gasteiger partial charge >= 0.3 is 11.9 Å². The van der Waals surface area contributed by atoms with Crippen molar-refractivity contribution in [1.82, 2.24) is 40.3 Å². The molecule has 1 aliphatic rings. The minimum atomic E-state index is -1.27. The third kappa shape index (κ3) is 5.53. The summed E-state index contributed by atoms with van der Waals surface area (Å²) < 4.78 is 2.66. The van der Waals surface area contributed by atoms with Crippen molar-refractivity contribution in [3.63, 3.8) is 0 Å². The summed E-state index contributed by atoms with van der Waals surface area (Å²) in [5.74, 6) is -3.73. The van der Waals surface area contributed by atoms with Gasteiger partial charge in [0, 0.05) is 23.7 Å². The number of carbonyl (C=O) groups excluding carboxylic acids is 1. The Labute approximate surface area is 248 Å². The normalized spacial score (nSPS) is 13.2. The fourth-order valence-corrected chi connectivity index (χ4v) is 4.96. The van der Waals surface area contributed by atoms with Gasteiger partial charge < -0.3 is 25.7 Å². The molecule has 0 unspecified atom stereocenters. The van der Waals surface area contributed by atoms with Crippen molar-refractivity contribution < 1.29 is 34.8 Å². The van der Waals surface area contributed by atoms with Crippen molar-refractivity contribution in [2.24, 2.45) is 0 Å². The van der Waals surface area contributed by atoms with Crippen LogP contribution in [0.3, 0.4) is 0 Å². The Kier molecular flexibility index (Phi) is 7.18. The number of nitrogens with zero attached hydrogens (tertiary/aromatic N) is 7. The number of nitrogens with one attached hydrogen (secondary N) is 1. The average molecular weight is 597 g/mol. The highest BCUT2D eigenvalue weighted by atomic mass is 16.4. The molecule has 5 N–H and O–H groups in total. The third-order valence-electron chi connectivity index (χ3n) is 7.24. The largest absolute Gasteiger partial charge is 0.507 e. The van der Waals surface area contributed by atoms with Crippen LogP contribution in [0.5, 0.6) is 11.5 Å². The molecule has 222 valence electrons. The molecule has 0 spiro atoms. The van der Waals surface area contributed by atoms with Crippen molar-refractivity contribution >= 4 is 17.8 Å². The van der Waals surface area contributed by atoms with Crippen molar-refractivity contribution in [2.75, 3.05) is 0 Å². The lowest BCUT2D eigenvalue weighted by Crippen LogP contribution is -2.32. The van der Waals surface area contributed by atoms with Crippen LogP contribution in [-0.2, 0) is 0 Å². The molecule has 2 aromatic carbocycles. The predicted octanol–water partition coefficient (Wildman–Crippen LogP) is 3.06. The highest BCUT2D eigenvalue weighted by Crippen LogP contribution is 2.27. The molecule has 44 heavy (non-hydrogen) atoms. The van der Waals surface area contributed by atoms with E-state index in [1.807, 2.05) is 0 Å². The number of phenols is 2. The Hall–Kier alpha value is -6.12. The van der Waals surface area contributed by atoms with Gasteiger partial charge in [-0.3, -0.25) is 4.79 Å². The molecule has 6 rings (SSSR count). The van der Waals surface area contributed by atoms with E-state index in [0.29, 0.717) is 16.9 Å². The molecule has 1 amide bonds. The van der Waals surface area contributed by atoms with Crippen LogP contribution in [0.25, 0.3) is 34.2 Å². The summed E-state index contributed by atoms with van der Waals surface area (Å²) in [6.45, 7) is 0. The van der Waals surface area contributed by atoms with Gasteiger partial charge in [-0.15, -0.1) is 10.2 Å². The number of aromatic nitrogens is 7. The van der Waals surface area contributed by atoms with Crippen LogP contribution in [0.1, 0.15) is 56.8 Å². The maximum Gasteiger partial charge on any atom is 0.339 e. The van der Waals surface area contributed by atoms with Gasteiger partial charge in [0.2, 0.25) is 0 Å².